The molecule has 0 aromatic heterocycles. The molecular weight excluding hydrogens is 420 g/mol. The first-order chi connectivity index (χ1) is 14.7. The molecule has 9 heteroatoms. The number of nitrogens with zero attached hydrogens (tertiary/aromatic N) is 1. The van der Waals surface area contributed by atoms with E-state index in [1.165, 1.54) is 0 Å². The highest BCUT2D eigenvalue weighted by Gasteiger charge is 2.19. The number of carbonyl (C=O) groups excluding carboxylic acids is 1. The summed E-state index contributed by atoms with van der Waals surface area (Å²) in [5.74, 6) is 0.0633. The third-order valence-electron chi connectivity index (χ3n) is 4.42. The molecule has 0 saturated heterocycles. The minimum Gasteiger partial charge on any atom is -0.489 e. The number of nitrogens with one attached hydrogen (secondary N) is 1. The van der Waals surface area contributed by atoms with Crippen molar-refractivity contribution in [3.05, 3.63) is 99.6 Å². The Labute approximate surface area is 179 Å². The second kappa shape index (κ2) is 9.40. The summed E-state index contributed by atoms with van der Waals surface area (Å²) in [7, 11) is -3.71. The quantitative estimate of drug-likeness (QED) is 0.423. The molecule has 0 aliphatic rings. The van der Waals surface area contributed by atoms with E-state index in [0.717, 1.165) is 35.6 Å². The number of rotatable bonds is 8. The van der Waals surface area contributed by atoms with Crippen molar-refractivity contribution in [3.8, 4) is 5.75 Å². The molecule has 1 N–H and O–H groups in total. The highest BCUT2D eigenvalue weighted by atomic mass is 32.2. The lowest BCUT2D eigenvalue weighted by Gasteiger charge is -2.09. The van der Waals surface area contributed by atoms with Crippen molar-refractivity contribution in [1.29, 1.82) is 0 Å². The van der Waals surface area contributed by atoms with Crippen LogP contribution >= 0.6 is 0 Å². The Morgan fingerprint density at radius 2 is 1.68 bits per heavy atom. The van der Waals surface area contributed by atoms with Crippen LogP contribution in [0.4, 0.5) is 5.69 Å². The molecule has 8 nitrogen and oxygen atoms in total. The second-order valence-corrected chi connectivity index (χ2v) is 8.86. The summed E-state index contributed by atoms with van der Waals surface area (Å²) in [6, 6.07) is 20.0. The SMILES string of the molecule is CS(=O)(=O)c1cc(C(=O)NCc2ccc(OCc3ccccc3)cc2)cc([N+](=O)[O-])c1. The van der Waals surface area contributed by atoms with Gasteiger partial charge in [0.05, 0.1) is 9.82 Å². The monoisotopic (exact) mass is 440 g/mol. The fourth-order valence-electron chi connectivity index (χ4n) is 2.76. The summed E-state index contributed by atoms with van der Waals surface area (Å²) in [6.45, 7) is 0.598. The summed E-state index contributed by atoms with van der Waals surface area (Å²) < 4.78 is 29.3. The fourth-order valence-corrected chi connectivity index (χ4v) is 3.44. The maximum atomic E-state index is 12.4. The van der Waals surface area contributed by atoms with Crippen LogP contribution in [0.25, 0.3) is 0 Å². The number of carbonyl (C=O) groups is 1. The van der Waals surface area contributed by atoms with Gasteiger partial charge in [-0.25, -0.2) is 8.42 Å². The lowest BCUT2D eigenvalue weighted by Crippen LogP contribution is -2.23. The zero-order valence-corrected chi connectivity index (χ0v) is 17.5. The van der Waals surface area contributed by atoms with Crippen molar-refractivity contribution < 1.29 is 22.9 Å². The Kier molecular flexibility index (Phi) is 6.66. The van der Waals surface area contributed by atoms with E-state index in [0.29, 0.717) is 12.4 Å². The van der Waals surface area contributed by atoms with Crippen molar-refractivity contribution >= 4 is 21.4 Å². The molecule has 0 saturated carbocycles. The molecule has 0 heterocycles. The maximum Gasteiger partial charge on any atom is 0.271 e. The average molecular weight is 440 g/mol. The number of sulfone groups is 1. The third kappa shape index (κ3) is 6.13. The van der Waals surface area contributed by atoms with Crippen molar-refractivity contribution in [2.24, 2.45) is 0 Å². The zero-order chi connectivity index (χ0) is 22.4. The predicted molar refractivity (Wildman–Crippen MR) is 115 cm³/mol. The van der Waals surface area contributed by atoms with Gasteiger partial charge in [0.2, 0.25) is 0 Å². The number of nitro groups is 1. The van der Waals surface area contributed by atoms with Gasteiger partial charge in [0, 0.05) is 30.5 Å². The van der Waals surface area contributed by atoms with E-state index >= 15 is 0 Å². The van der Waals surface area contributed by atoms with Crippen LogP contribution in [-0.4, -0.2) is 25.5 Å². The largest absolute Gasteiger partial charge is 0.489 e. The molecule has 3 aromatic rings. The van der Waals surface area contributed by atoms with Crippen molar-refractivity contribution in [2.45, 2.75) is 18.0 Å². The molecule has 0 bridgehead atoms. The molecule has 3 aromatic carbocycles. The van der Waals surface area contributed by atoms with Crippen LogP contribution in [0.1, 0.15) is 21.5 Å². The van der Waals surface area contributed by atoms with Crippen molar-refractivity contribution in [2.75, 3.05) is 6.26 Å². The number of hydrogen-bond donors (Lipinski definition) is 1. The van der Waals surface area contributed by atoms with Crippen LogP contribution in [0.2, 0.25) is 0 Å². The molecule has 0 aliphatic heterocycles. The average Bonchev–Trinajstić information content (AvgIpc) is 2.76. The number of hydrogen-bond acceptors (Lipinski definition) is 6. The lowest BCUT2D eigenvalue weighted by molar-refractivity contribution is -0.385. The van der Waals surface area contributed by atoms with Gasteiger partial charge < -0.3 is 10.1 Å². The first-order valence-electron chi connectivity index (χ1n) is 9.26. The Hall–Kier alpha value is -3.72. The molecule has 1 amide bonds. The van der Waals surface area contributed by atoms with E-state index in [2.05, 4.69) is 5.32 Å². The number of benzene rings is 3. The zero-order valence-electron chi connectivity index (χ0n) is 16.6. The van der Waals surface area contributed by atoms with Gasteiger partial charge in [0.25, 0.3) is 11.6 Å². The topological polar surface area (TPSA) is 116 Å². The van der Waals surface area contributed by atoms with Gasteiger partial charge in [-0.3, -0.25) is 14.9 Å². The Balaban J connectivity index is 1.64. The molecule has 0 fully saturated rings. The van der Waals surface area contributed by atoms with E-state index in [1.54, 1.807) is 24.3 Å². The maximum absolute atomic E-state index is 12.4. The Morgan fingerprint density at radius 3 is 2.29 bits per heavy atom. The van der Waals surface area contributed by atoms with E-state index in [9.17, 15) is 23.3 Å². The summed E-state index contributed by atoms with van der Waals surface area (Å²) in [4.78, 5) is 22.5. The van der Waals surface area contributed by atoms with Gasteiger partial charge >= 0.3 is 0 Å². The summed E-state index contributed by atoms with van der Waals surface area (Å²) in [5.41, 5.74) is 1.27. The molecule has 31 heavy (non-hydrogen) atoms. The van der Waals surface area contributed by atoms with E-state index in [4.69, 9.17) is 4.74 Å². The van der Waals surface area contributed by atoms with E-state index in [1.807, 2.05) is 30.3 Å². The number of ether oxygens (including phenoxy) is 1. The summed E-state index contributed by atoms with van der Waals surface area (Å²) in [5, 5.41) is 13.7. The van der Waals surface area contributed by atoms with E-state index in [-0.39, 0.29) is 17.0 Å². The standard InChI is InChI=1S/C22H20N2O6S/c1-31(28,29)21-12-18(11-19(13-21)24(26)27)22(25)23-14-16-7-9-20(10-8-16)30-15-17-5-3-2-4-6-17/h2-13H,14-15H2,1H3,(H,23,25). The van der Waals surface area contributed by atoms with Gasteiger partial charge in [-0.05, 0) is 29.3 Å². The predicted octanol–water partition coefficient (Wildman–Crippen LogP) is 3.51. The molecular formula is C22H20N2O6S. The minimum absolute atomic E-state index is 0.0996. The van der Waals surface area contributed by atoms with Crippen molar-refractivity contribution in [3.63, 3.8) is 0 Å². The van der Waals surface area contributed by atoms with E-state index < -0.39 is 26.4 Å². The minimum atomic E-state index is -3.71. The number of nitro benzene ring substituents is 1. The molecule has 0 atom stereocenters. The third-order valence-corrected chi connectivity index (χ3v) is 5.51. The van der Waals surface area contributed by atoms with Gasteiger partial charge in [0.15, 0.2) is 9.84 Å². The highest BCUT2D eigenvalue weighted by Crippen LogP contribution is 2.21. The molecule has 0 spiro atoms. The van der Waals surface area contributed by atoms with Gasteiger partial charge in [0.1, 0.15) is 12.4 Å². The lowest BCUT2D eigenvalue weighted by atomic mass is 10.1. The fraction of sp³-hybridized carbons (Fsp3) is 0.136. The van der Waals surface area contributed by atoms with Crippen LogP contribution in [0, 0.1) is 10.1 Å². The molecule has 0 unspecified atom stereocenters. The van der Waals surface area contributed by atoms with Gasteiger partial charge in [-0.15, -0.1) is 0 Å². The smallest absolute Gasteiger partial charge is 0.271 e. The second-order valence-electron chi connectivity index (χ2n) is 6.85. The molecule has 0 radical (unpaired) electrons. The summed E-state index contributed by atoms with van der Waals surface area (Å²) in [6.07, 6.45) is 0.926. The first-order valence-corrected chi connectivity index (χ1v) is 11.1. The number of non-ortho nitro benzene ring substituents is 1. The van der Waals surface area contributed by atoms with Crippen molar-refractivity contribution in [1.82, 2.24) is 5.32 Å². The van der Waals surface area contributed by atoms with Crippen LogP contribution in [0.15, 0.2) is 77.7 Å². The van der Waals surface area contributed by atoms with Crippen LogP contribution < -0.4 is 10.1 Å². The molecule has 0 aliphatic carbocycles. The normalized spacial score (nSPS) is 11.0. The van der Waals surface area contributed by atoms with Crippen LogP contribution in [-0.2, 0) is 23.0 Å². The molecule has 3 rings (SSSR count). The number of amides is 1. The van der Waals surface area contributed by atoms with Gasteiger partial charge in [-0.1, -0.05) is 42.5 Å². The Bertz CT molecular complexity index is 1190. The Morgan fingerprint density at radius 1 is 1.00 bits per heavy atom. The molecule has 160 valence electrons. The summed E-state index contributed by atoms with van der Waals surface area (Å²) >= 11 is 0. The first kappa shape index (κ1) is 22.0. The van der Waals surface area contributed by atoms with Crippen LogP contribution in [0.3, 0.4) is 0 Å². The van der Waals surface area contributed by atoms with Gasteiger partial charge in [-0.2, -0.15) is 0 Å². The van der Waals surface area contributed by atoms with Crippen LogP contribution in [0.5, 0.6) is 5.75 Å². The highest BCUT2D eigenvalue weighted by molar-refractivity contribution is 7.90.